The Bertz CT molecular complexity index is 758. The van der Waals surface area contributed by atoms with E-state index in [9.17, 15) is 4.79 Å². The van der Waals surface area contributed by atoms with Gasteiger partial charge in [0, 0.05) is 49.2 Å². The summed E-state index contributed by atoms with van der Waals surface area (Å²) in [6.45, 7) is 8.32. The Labute approximate surface area is 164 Å². The number of anilines is 2. The number of nitrogens with zero attached hydrogens (tertiary/aromatic N) is 3. The van der Waals surface area contributed by atoms with Crippen molar-refractivity contribution in [1.29, 1.82) is 0 Å². The van der Waals surface area contributed by atoms with Gasteiger partial charge in [-0.1, -0.05) is 0 Å². The first-order valence-corrected chi connectivity index (χ1v) is 10.2. The second-order valence-electron chi connectivity index (χ2n) is 6.59. The molecule has 1 aliphatic rings. The quantitative estimate of drug-likeness (QED) is 0.674. The fourth-order valence-electron chi connectivity index (χ4n) is 2.94. The maximum absolute atomic E-state index is 12.0. The number of carbonyl (C=O) groups is 1. The van der Waals surface area contributed by atoms with Gasteiger partial charge in [-0.05, 0) is 37.3 Å². The van der Waals surface area contributed by atoms with E-state index in [4.69, 9.17) is 4.74 Å². The molecule has 2 aromatic heterocycles. The molecule has 0 atom stereocenters. The van der Waals surface area contributed by atoms with Gasteiger partial charge < -0.3 is 20.3 Å². The van der Waals surface area contributed by atoms with E-state index in [1.54, 1.807) is 11.3 Å². The first-order valence-electron chi connectivity index (χ1n) is 9.34. The number of carbonyl (C=O) groups excluding carboxylic acids is 1. The molecule has 27 heavy (non-hydrogen) atoms. The van der Waals surface area contributed by atoms with Gasteiger partial charge in [-0.3, -0.25) is 4.79 Å². The van der Waals surface area contributed by atoms with Crippen molar-refractivity contribution >= 4 is 29.0 Å². The lowest BCUT2D eigenvalue weighted by Gasteiger charge is -2.28. The molecule has 2 N–H and O–H groups in total. The third-order valence-electron chi connectivity index (χ3n) is 4.45. The van der Waals surface area contributed by atoms with E-state index >= 15 is 0 Å². The summed E-state index contributed by atoms with van der Waals surface area (Å²) in [5.74, 6) is 1.59. The Balaban J connectivity index is 1.41. The van der Waals surface area contributed by atoms with Crippen LogP contribution in [0.4, 0.5) is 11.8 Å². The number of hydrogen-bond donors (Lipinski definition) is 2. The van der Waals surface area contributed by atoms with Gasteiger partial charge in [0.1, 0.15) is 5.82 Å². The van der Waals surface area contributed by atoms with Crippen LogP contribution >= 0.6 is 11.3 Å². The molecule has 0 bridgehead atoms. The molecule has 1 amide bonds. The molecular weight excluding hydrogens is 362 g/mol. The number of ether oxygens (including phenoxy) is 1. The van der Waals surface area contributed by atoms with Crippen molar-refractivity contribution in [3.63, 3.8) is 0 Å². The van der Waals surface area contributed by atoms with Crippen LogP contribution in [0.3, 0.4) is 0 Å². The molecule has 7 nitrogen and oxygen atoms in total. The Morgan fingerprint density at radius 2 is 2.07 bits per heavy atom. The third kappa shape index (κ3) is 5.90. The minimum absolute atomic E-state index is 0.0729. The summed E-state index contributed by atoms with van der Waals surface area (Å²) in [6, 6.07) is 4.08. The number of hydrogen-bond acceptors (Lipinski definition) is 7. The van der Waals surface area contributed by atoms with E-state index in [1.807, 2.05) is 13.0 Å². The number of aromatic nitrogens is 2. The maximum Gasteiger partial charge on any atom is 0.224 e. The van der Waals surface area contributed by atoms with Gasteiger partial charge in [-0.2, -0.15) is 4.98 Å². The van der Waals surface area contributed by atoms with Crippen LogP contribution in [-0.2, 0) is 16.0 Å². The van der Waals surface area contributed by atoms with Crippen LogP contribution in [0.1, 0.15) is 22.6 Å². The smallest absolute Gasteiger partial charge is 0.224 e. The fourth-order valence-corrected chi connectivity index (χ4v) is 3.85. The molecule has 8 heteroatoms. The Hall–Kier alpha value is -2.19. The zero-order valence-corrected chi connectivity index (χ0v) is 16.8. The predicted molar refractivity (Wildman–Crippen MR) is 109 cm³/mol. The average molecular weight is 390 g/mol. The van der Waals surface area contributed by atoms with Gasteiger partial charge in [0.25, 0.3) is 0 Å². The third-order valence-corrected chi connectivity index (χ3v) is 5.54. The van der Waals surface area contributed by atoms with E-state index in [-0.39, 0.29) is 5.91 Å². The molecule has 2 aromatic rings. The second kappa shape index (κ2) is 9.66. The van der Waals surface area contributed by atoms with Crippen LogP contribution in [-0.4, -0.2) is 55.3 Å². The summed E-state index contributed by atoms with van der Waals surface area (Å²) in [4.78, 5) is 24.5. The molecular formula is C19H27N5O2S. The maximum atomic E-state index is 12.0. The molecule has 0 spiro atoms. The van der Waals surface area contributed by atoms with Crippen molar-refractivity contribution < 1.29 is 9.53 Å². The normalized spacial score (nSPS) is 14.2. The minimum atomic E-state index is 0.0729. The standard InChI is InChI=1S/C19H27N5O2S/c1-14-5-12-27-16(14)3-4-18(25)20-6-7-21-19-22-15(2)13-17(23-19)24-8-10-26-11-9-24/h5,12-13H,3-4,6-11H2,1-2H3,(H,20,25)(H,21,22,23). The number of thiophene rings is 1. The number of nitrogens with one attached hydrogen (secondary N) is 2. The first-order chi connectivity index (χ1) is 13.1. The summed E-state index contributed by atoms with van der Waals surface area (Å²) in [5.41, 5.74) is 2.19. The van der Waals surface area contributed by atoms with E-state index in [1.165, 1.54) is 10.4 Å². The first kappa shape index (κ1) is 19.6. The lowest BCUT2D eigenvalue weighted by atomic mass is 10.2. The zero-order valence-electron chi connectivity index (χ0n) is 16.0. The summed E-state index contributed by atoms with van der Waals surface area (Å²) in [5, 5.41) is 8.22. The molecule has 3 heterocycles. The summed E-state index contributed by atoms with van der Waals surface area (Å²) in [7, 11) is 0. The molecule has 0 aliphatic carbocycles. The number of rotatable bonds is 8. The van der Waals surface area contributed by atoms with Crippen LogP contribution in [0, 0.1) is 13.8 Å². The van der Waals surface area contributed by atoms with Crippen LogP contribution in [0.25, 0.3) is 0 Å². The van der Waals surface area contributed by atoms with E-state index in [0.29, 0.717) is 25.5 Å². The van der Waals surface area contributed by atoms with Crippen molar-refractivity contribution in [2.75, 3.05) is 49.6 Å². The summed E-state index contributed by atoms with van der Waals surface area (Å²) < 4.78 is 5.39. The molecule has 0 saturated carbocycles. The van der Waals surface area contributed by atoms with Gasteiger partial charge >= 0.3 is 0 Å². The van der Waals surface area contributed by atoms with Gasteiger partial charge in [-0.25, -0.2) is 4.98 Å². The van der Waals surface area contributed by atoms with Crippen LogP contribution in [0.15, 0.2) is 17.5 Å². The monoisotopic (exact) mass is 389 g/mol. The molecule has 0 unspecified atom stereocenters. The number of aryl methyl sites for hydroxylation is 3. The van der Waals surface area contributed by atoms with Gasteiger partial charge in [0.2, 0.25) is 11.9 Å². The van der Waals surface area contributed by atoms with Gasteiger partial charge in [0.15, 0.2) is 0 Å². The van der Waals surface area contributed by atoms with Crippen molar-refractivity contribution in [1.82, 2.24) is 15.3 Å². The molecule has 146 valence electrons. The van der Waals surface area contributed by atoms with E-state index < -0.39 is 0 Å². The zero-order chi connectivity index (χ0) is 19.1. The highest BCUT2D eigenvalue weighted by molar-refractivity contribution is 7.10. The Kier molecular flexibility index (Phi) is 7.00. The van der Waals surface area contributed by atoms with Crippen LogP contribution in [0.2, 0.25) is 0 Å². The van der Waals surface area contributed by atoms with Crippen molar-refractivity contribution in [3.05, 3.63) is 33.6 Å². The average Bonchev–Trinajstić information content (AvgIpc) is 3.09. The molecule has 0 radical (unpaired) electrons. The largest absolute Gasteiger partial charge is 0.378 e. The van der Waals surface area contributed by atoms with Crippen LogP contribution < -0.4 is 15.5 Å². The van der Waals surface area contributed by atoms with Crippen molar-refractivity contribution in [2.24, 2.45) is 0 Å². The second-order valence-corrected chi connectivity index (χ2v) is 7.59. The number of amides is 1. The molecule has 1 aliphatic heterocycles. The highest BCUT2D eigenvalue weighted by Crippen LogP contribution is 2.17. The fraction of sp³-hybridized carbons (Fsp3) is 0.526. The lowest BCUT2D eigenvalue weighted by Crippen LogP contribution is -2.37. The summed E-state index contributed by atoms with van der Waals surface area (Å²) in [6.07, 6.45) is 1.32. The summed E-state index contributed by atoms with van der Waals surface area (Å²) >= 11 is 1.71. The topological polar surface area (TPSA) is 79.4 Å². The minimum Gasteiger partial charge on any atom is -0.378 e. The Morgan fingerprint density at radius 1 is 1.26 bits per heavy atom. The van der Waals surface area contributed by atoms with E-state index in [2.05, 4.69) is 43.9 Å². The number of morpholine rings is 1. The predicted octanol–water partition coefficient (Wildman–Crippen LogP) is 2.15. The highest BCUT2D eigenvalue weighted by atomic mass is 32.1. The molecule has 1 saturated heterocycles. The van der Waals surface area contributed by atoms with Crippen molar-refractivity contribution in [2.45, 2.75) is 26.7 Å². The Morgan fingerprint density at radius 3 is 2.81 bits per heavy atom. The lowest BCUT2D eigenvalue weighted by molar-refractivity contribution is -0.120. The van der Waals surface area contributed by atoms with Gasteiger partial charge in [0.05, 0.1) is 13.2 Å². The van der Waals surface area contributed by atoms with Gasteiger partial charge in [-0.15, -0.1) is 11.3 Å². The van der Waals surface area contributed by atoms with Crippen LogP contribution in [0.5, 0.6) is 0 Å². The van der Waals surface area contributed by atoms with Crippen molar-refractivity contribution in [3.8, 4) is 0 Å². The highest BCUT2D eigenvalue weighted by Gasteiger charge is 2.14. The molecule has 0 aromatic carbocycles. The van der Waals surface area contributed by atoms with E-state index in [0.717, 1.165) is 44.2 Å². The molecule has 1 fully saturated rings. The molecule has 3 rings (SSSR count). The SMILES string of the molecule is Cc1cc(N2CCOCC2)nc(NCCNC(=O)CCc2sccc2C)n1.